The van der Waals surface area contributed by atoms with Crippen LogP contribution in [-0.4, -0.2) is 12.2 Å². The van der Waals surface area contributed by atoms with Gasteiger partial charge in [-0.05, 0) is 48.7 Å². The molecule has 0 aliphatic carbocycles. The zero-order chi connectivity index (χ0) is 14.9. The summed E-state index contributed by atoms with van der Waals surface area (Å²) >= 11 is 5.75. The predicted molar refractivity (Wildman–Crippen MR) is 77.9 cm³/mol. The first-order valence-corrected chi connectivity index (χ1v) is 6.60. The van der Waals surface area contributed by atoms with Gasteiger partial charge in [-0.15, -0.1) is 0 Å². The highest BCUT2D eigenvalue weighted by Gasteiger charge is 2.18. The Balaban J connectivity index is 2.49. The summed E-state index contributed by atoms with van der Waals surface area (Å²) in [7, 11) is 1.60. The van der Waals surface area contributed by atoms with Crippen LogP contribution < -0.4 is 4.74 Å². The fraction of sp³-hybridized carbons (Fsp3) is 0.250. The SMILES string of the molecule is COc1c(C)cc(C(O)c2cccc(Cl)c2F)cc1C. The Morgan fingerprint density at radius 1 is 1.20 bits per heavy atom. The van der Waals surface area contributed by atoms with Crippen LogP contribution in [-0.2, 0) is 0 Å². The number of ether oxygens (including phenoxy) is 1. The highest BCUT2D eigenvalue weighted by molar-refractivity contribution is 6.30. The van der Waals surface area contributed by atoms with E-state index >= 15 is 0 Å². The van der Waals surface area contributed by atoms with Crippen molar-refractivity contribution >= 4 is 11.6 Å². The molecular formula is C16H16ClFO2. The summed E-state index contributed by atoms with van der Waals surface area (Å²) in [5.74, 6) is 0.181. The fourth-order valence-corrected chi connectivity index (χ4v) is 2.56. The molecule has 0 heterocycles. The van der Waals surface area contributed by atoms with Gasteiger partial charge < -0.3 is 9.84 Å². The zero-order valence-corrected chi connectivity index (χ0v) is 12.3. The van der Waals surface area contributed by atoms with E-state index in [0.717, 1.165) is 16.9 Å². The van der Waals surface area contributed by atoms with Gasteiger partial charge in [0.05, 0.1) is 12.1 Å². The molecule has 0 amide bonds. The van der Waals surface area contributed by atoms with E-state index in [4.69, 9.17) is 16.3 Å². The summed E-state index contributed by atoms with van der Waals surface area (Å²) in [4.78, 5) is 0. The monoisotopic (exact) mass is 294 g/mol. The summed E-state index contributed by atoms with van der Waals surface area (Å²) in [5.41, 5.74) is 2.57. The minimum atomic E-state index is -1.06. The van der Waals surface area contributed by atoms with Crippen LogP contribution in [0.15, 0.2) is 30.3 Å². The van der Waals surface area contributed by atoms with Crippen LogP contribution in [0, 0.1) is 19.7 Å². The maximum atomic E-state index is 14.0. The molecule has 1 N–H and O–H groups in total. The topological polar surface area (TPSA) is 29.5 Å². The van der Waals surface area contributed by atoms with E-state index < -0.39 is 11.9 Å². The molecule has 0 aliphatic heterocycles. The third-order valence-corrected chi connectivity index (χ3v) is 3.57. The number of hydrogen-bond donors (Lipinski definition) is 1. The van der Waals surface area contributed by atoms with Crippen molar-refractivity contribution in [1.82, 2.24) is 0 Å². The van der Waals surface area contributed by atoms with Crippen LogP contribution in [0.4, 0.5) is 4.39 Å². The van der Waals surface area contributed by atoms with E-state index in [1.165, 1.54) is 12.1 Å². The van der Waals surface area contributed by atoms with E-state index in [1.54, 1.807) is 25.3 Å². The first kappa shape index (κ1) is 14.8. The molecule has 0 aromatic heterocycles. The molecule has 1 unspecified atom stereocenters. The Morgan fingerprint density at radius 2 is 1.80 bits per heavy atom. The average Bonchev–Trinajstić information content (AvgIpc) is 2.41. The van der Waals surface area contributed by atoms with Gasteiger partial charge in [-0.2, -0.15) is 0 Å². The molecule has 0 saturated carbocycles. The standard InChI is InChI=1S/C16H16ClFO2/c1-9-7-11(8-10(2)16(9)20-3)15(19)12-5-4-6-13(17)14(12)18/h4-8,15,19H,1-3H3. The maximum Gasteiger partial charge on any atom is 0.147 e. The number of aliphatic hydroxyl groups excluding tert-OH is 1. The van der Waals surface area contributed by atoms with Crippen molar-refractivity contribution in [3.05, 3.63) is 63.4 Å². The van der Waals surface area contributed by atoms with Gasteiger partial charge in [0, 0.05) is 5.56 Å². The Bertz CT molecular complexity index is 617. The first-order valence-electron chi connectivity index (χ1n) is 6.22. The van der Waals surface area contributed by atoms with E-state index in [1.807, 2.05) is 13.8 Å². The Kier molecular flexibility index (Phi) is 4.31. The molecule has 0 bridgehead atoms. The van der Waals surface area contributed by atoms with Crippen LogP contribution in [0.2, 0.25) is 5.02 Å². The van der Waals surface area contributed by atoms with Crippen LogP contribution in [0.1, 0.15) is 28.4 Å². The van der Waals surface area contributed by atoms with Gasteiger partial charge in [0.15, 0.2) is 0 Å². The Morgan fingerprint density at radius 3 is 2.35 bits per heavy atom. The summed E-state index contributed by atoms with van der Waals surface area (Å²) in [5, 5.41) is 10.4. The molecule has 0 saturated heterocycles. The van der Waals surface area contributed by atoms with Gasteiger partial charge in [0.1, 0.15) is 17.7 Å². The Labute approximate surface area is 122 Å². The van der Waals surface area contributed by atoms with Crippen molar-refractivity contribution in [3.8, 4) is 5.75 Å². The molecule has 0 spiro atoms. The van der Waals surface area contributed by atoms with Crippen LogP contribution in [0.3, 0.4) is 0 Å². The lowest BCUT2D eigenvalue weighted by atomic mass is 9.97. The molecule has 2 rings (SSSR count). The molecule has 0 fully saturated rings. The molecule has 2 aromatic carbocycles. The number of aliphatic hydroxyl groups is 1. The number of benzene rings is 2. The molecule has 106 valence electrons. The van der Waals surface area contributed by atoms with Gasteiger partial charge in [-0.25, -0.2) is 4.39 Å². The van der Waals surface area contributed by atoms with Gasteiger partial charge >= 0.3 is 0 Å². The molecule has 20 heavy (non-hydrogen) atoms. The molecule has 2 aromatic rings. The highest BCUT2D eigenvalue weighted by Crippen LogP contribution is 2.32. The molecule has 0 radical (unpaired) electrons. The first-order chi connectivity index (χ1) is 9.45. The number of halogens is 2. The van der Waals surface area contributed by atoms with Crippen molar-refractivity contribution < 1.29 is 14.2 Å². The molecule has 1 atom stereocenters. The maximum absolute atomic E-state index is 14.0. The van der Waals surface area contributed by atoms with E-state index in [9.17, 15) is 9.50 Å². The van der Waals surface area contributed by atoms with Crippen LogP contribution in [0.5, 0.6) is 5.75 Å². The smallest absolute Gasteiger partial charge is 0.147 e. The molecular weight excluding hydrogens is 279 g/mol. The van der Waals surface area contributed by atoms with Gasteiger partial charge in [-0.1, -0.05) is 23.7 Å². The number of methoxy groups -OCH3 is 1. The normalized spacial score (nSPS) is 12.3. The average molecular weight is 295 g/mol. The third kappa shape index (κ3) is 2.65. The summed E-state index contributed by atoms with van der Waals surface area (Å²) in [6, 6.07) is 8.18. The van der Waals surface area contributed by atoms with E-state index in [0.29, 0.717) is 5.56 Å². The van der Waals surface area contributed by atoms with E-state index in [-0.39, 0.29) is 10.6 Å². The predicted octanol–water partition coefficient (Wildman–Crippen LogP) is 4.19. The molecule has 2 nitrogen and oxygen atoms in total. The number of hydrogen-bond acceptors (Lipinski definition) is 2. The number of aryl methyl sites for hydroxylation is 2. The third-order valence-electron chi connectivity index (χ3n) is 3.28. The van der Waals surface area contributed by atoms with Crippen molar-refractivity contribution in [2.45, 2.75) is 20.0 Å². The van der Waals surface area contributed by atoms with Crippen molar-refractivity contribution in [1.29, 1.82) is 0 Å². The van der Waals surface area contributed by atoms with Crippen LogP contribution in [0.25, 0.3) is 0 Å². The van der Waals surface area contributed by atoms with Gasteiger partial charge in [-0.3, -0.25) is 0 Å². The Hall–Kier alpha value is -1.58. The summed E-state index contributed by atoms with van der Waals surface area (Å²) in [6.07, 6.45) is -1.06. The van der Waals surface area contributed by atoms with Crippen molar-refractivity contribution in [3.63, 3.8) is 0 Å². The summed E-state index contributed by atoms with van der Waals surface area (Å²) in [6.45, 7) is 3.77. The molecule has 0 aliphatic rings. The minimum absolute atomic E-state index is 0.00325. The lowest BCUT2D eigenvalue weighted by Crippen LogP contribution is -2.04. The van der Waals surface area contributed by atoms with Crippen molar-refractivity contribution in [2.75, 3.05) is 7.11 Å². The van der Waals surface area contributed by atoms with Crippen LogP contribution >= 0.6 is 11.6 Å². The zero-order valence-electron chi connectivity index (χ0n) is 11.6. The molecule has 4 heteroatoms. The summed E-state index contributed by atoms with van der Waals surface area (Å²) < 4.78 is 19.2. The second kappa shape index (κ2) is 5.81. The lowest BCUT2D eigenvalue weighted by molar-refractivity contribution is 0.214. The largest absolute Gasteiger partial charge is 0.496 e. The van der Waals surface area contributed by atoms with E-state index in [2.05, 4.69) is 0 Å². The number of rotatable bonds is 3. The quantitative estimate of drug-likeness (QED) is 0.920. The lowest BCUT2D eigenvalue weighted by Gasteiger charge is -2.16. The minimum Gasteiger partial charge on any atom is -0.496 e. The second-order valence-electron chi connectivity index (χ2n) is 4.73. The van der Waals surface area contributed by atoms with Gasteiger partial charge in [0.2, 0.25) is 0 Å². The fourth-order valence-electron chi connectivity index (χ4n) is 2.37. The van der Waals surface area contributed by atoms with Crippen molar-refractivity contribution in [2.24, 2.45) is 0 Å². The second-order valence-corrected chi connectivity index (χ2v) is 5.14. The highest BCUT2D eigenvalue weighted by atomic mass is 35.5. The van der Waals surface area contributed by atoms with Gasteiger partial charge in [0.25, 0.3) is 0 Å².